The van der Waals surface area contributed by atoms with E-state index >= 15 is 0 Å². The summed E-state index contributed by atoms with van der Waals surface area (Å²) in [5.74, 6) is -0.827. The van der Waals surface area contributed by atoms with Crippen LogP contribution in [0.2, 0.25) is 0 Å². The second kappa shape index (κ2) is 4.06. The first kappa shape index (κ1) is 11.1. The highest BCUT2D eigenvalue weighted by molar-refractivity contribution is 7.09. The van der Waals surface area contributed by atoms with E-state index in [0.717, 1.165) is 5.01 Å². The molecule has 0 saturated heterocycles. The van der Waals surface area contributed by atoms with Gasteiger partial charge < -0.3 is 10.4 Å². The summed E-state index contributed by atoms with van der Waals surface area (Å²) < 4.78 is 0. The van der Waals surface area contributed by atoms with Gasteiger partial charge in [0, 0.05) is 11.6 Å². The molecule has 14 heavy (non-hydrogen) atoms. The van der Waals surface area contributed by atoms with E-state index in [1.807, 2.05) is 5.38 Å². The maximum Gasteiger partial charge on any atom is 0.311 e. The zero-order valence-electron chi connectivity index (χ0n) is 8.44. The number of carboxylic acids is 1. The summed E-state index contributed by atoms with van der Waals surface area (Å²) in [6.45, 7) is 3.38. The number of rotatable bonds is 4. The molecule has 1 rings (SSSR count). The third-order valence-corrected chi connectivity index (χ3v) is 3.10. The Kier molecular flexibility index (Phi) is 3.23. The molecule has 0 saturated carbocycles. The Labute approximate surface area is 87.0 Å². The maximum absolute atomic E-state index is 11.1. The van der Waals surface area contributed by atoms with Crippen LogP contribution in [0.15, 0.2) is 11.6 Å². The van der Waals surface area contributed by atoms with Crippen LogP contribution in [-0.4, -0.2) is 23.1 Å². The number of aromatic nitrogens is 1. The summed E-state index contributed by atoms with van der Waals surface area (Å²) in [7, 11) is 1.75. The molecule has 1 atom stereocenters. The van der Waals surface area contributed by atoms with Crippen LogP contribution >= 0.6 is 11.3 Å². The largest absolute Gasteiger partial charge is 0.481 e. The van der Waals surface area contributed by atoms with Crippen LogP contribution in [0.3, 0.4) is 0 Å². The molecule has 0 radical (unpaired) electrons. The molecule has 0 aliphatic heterocycles. The highest BCUT2D eigenvalue weighted by Crippen LogP contribution is 2.34. The number of carbonyl (C=O) groups is 1. The summed E-state index contributed by atoms with van der Waals surface area (Å²) in [5.41, 5.74) is -0.855. The minimum Gasteiger partial charge on any atom is -0.481 e. The molecule has 1 heterocycles. The molecule has 2 N–H and O–H groups in total. The molecule has 1 aromatic rings. The topological polar surface area (TPSA) is 62.2 Å². The Morgan fingerprint density at radius 3 is 2.71 bits per heavy atom. The number of hydrogen-bond donors (Lipinski definition) is 2. The summed E-state index contributed by atoms with van der Waals surface area (Å²) in [6, 6.07) is -0.250. The Bertz CT molecular complexity index is 309. The van der Waals surface area contributed by atoms with E-state index in [1.54, 1.807) is 27.1 Å². The molecule has 0 amide bonds. The van der Waals surface area contributed by atoms with Gasteiger partial charge in [-0.05, 0) is 20.9 Å². The van der Waals surface area contributed by atoms with E-state index < -0.39 is 11.4 Å². The Balaban J connectivity index is 2.98. The quantitative estimate of drug-likeness (QED) is 0.797. The molecule has 0 aliphatic carbocycles. The molecule has 4 nitrogen and oxygen atoms in total. The van der Waals surface area contributed by atoms with E-state index in [1.165, 1.54) is 11.3 Å². The van der Waals surface area contributed by atoms with Gasteiger partial charge in [0.05, 0.1) is 11.5 Å². The molecule has 0 spiro atoms. The smallest absolute Gasteiger partial charge is 0.311 e. The van der Waals surface area contributed by atoms with Gasteiger partial charge in [0.1, 0.15) is 5.01 Å². The van der Waals surface area contributed by atoms with Crippen LogP contribution in [0.5, 0.6) is 0 Å². The number of nitrogens with one attached hydrogen (secondary N) is 1. The zero-order chi connectivity index (χ0) is 10.8. The third-order valence-electron chi connectivity index (χ3n) is 2.26. The van der Waals surface area contributed by atoms with Crippen molar-refractivity contribution in [3.8, 4) is 0 Å². The van der Waals surface area contributed by atoms with E-state index in [-0.39, 0.29) is 6.04 Å². The summed E-state index contributed by atoms with van der Waals surface area (Å²) in [5, 5.41) is 14.7. The predicted octanol–water partition coefficient (Wildman–Crippen LogP) is 1.51. The lowest BCUT2D eigenvalue weighted by atomic mass is 9.85. The summed E-state index contributed by atoms with van der Waals surface area (Å²) >= 11 is 1.46. The molecule has 78 valence electrons. The first-order valence-corrected chi connectivity index (χ1v) is 5.18. The van der Waals surface area contributed by atoms with Crippen LogP contribution in [0, 0.1) is 5.41 Å². The molecule has 5 heteroatoms. The minimum atomic E-state index is -0.855. The van der Waals surface area contributed by atoms with Crippen molar-refractivity contribution in [1.29, 1.82) is 0 Å². The maximum atomic E-state index is 11.1. The fraction of sp³-hybridized carbons (Fsp3) is 0.556. The second-order valence-corrected chi connectivity index (χ2v) is 4.55. The van der Waals surface area contributed by atoms with Crippen LogP contribution in [-0.2, 0) is 4.79 Å². The van der Waals surface area contributed by atoms with Crippen molar-refractivity contribution in [2.24, 2.45) is 5.41 Å². The number of nitrogens with zero attached hydrogens (tertiary/aromatic N) is 1. The van der Waals surface area contributed by atoms with Crippen molar-refractivity contribution in [1.82, 2.24) is 10.3 Å². The van der Waals surface area contributed by atoms with Gasteiger partial charge in [0.15, 0.2) is 0 Å². The fourth-order valence-corrected chi connectivity index (χ4v) is 2.22. The van der Waals surface area contributed by atoms with Crippen molar-refractivity contribution >= 4 is 17.3 Å². The average Bonchev–Trinajstić information content (AvgIpc) is 2.57. The van der Waals surface area contributed by atoms with Crippen LogP contribution in [0.1, 0.15) is 24.9 Å². The number of carboxylic acid groups (broad SMARTS) is 1. The van der Waals surface area contributed by atoms with Gasteiger partial charge in [0.2, 0.25) is 0 Å². The lowest BCUT2D eigenvalue weighted by Crippen LogP contribution is -2.38. The predicted molar refractivity (Wildman–Crippen MR) is 55.3 cm³/mol. The van der Waals surface area contributed by atoms with Crippen LogP contribution in [0.4, 0.5) is 0 Å². The van der Waals surface area contributed by atoms with E-state index in [4.69, 9.17) is 5.11 Å². The van der Waals surface area contributed by atoms with Crippen molar-refractivity contribution in [3.05, 3.63) is 16.6 Å². The molecule has 1 aromatic heterocycles. The molecule has 0 fully saturated rings. The summed E-state index contributed by atoms with van der Waals surface area (Å²) in [6.07, 6.45) is 1.68. The highest BCUT2D eigenvalue weighted by Gasteiger charge is 2.38. The molecular formula is C9H14N2O2S. The van der Waals surface area contributed by atoms with Crippen molar-refractivity contribution in [2.75, 3.05) is 7.05 Å². The van der Waals surface area contributed by atoms with E-state index in [9.17, 15) is 4.79 Å². The minimum absolute atomic E-state index is 0.250. The van der Waals surface area contributed by atoms with Gasteiger partial charge in [-0.2, -0.15) is 0 Å². The third kappa shape index (κ3) is 1.93. The van der Waals surface area contributed by atoms with Crippen LogP contribution < -0.4 is 5.32 Å². The zero-order valence-corrected chi connectivity index (χ0v) is 9.26. The monoisotopic (exact) mass is 214 g/mol. The Hall–Kier alpha value is -0.940. The van der Waals surface area contributed by atoms with Gasteiger partial charge in [-0.15, -0.1) is 11.3 Å². The first-order chi connectivity index (χ1) is 6.50. The lowest BCUT2D eigenvalue weighted by molar-refractivity contribution is -0.148. The molecule has 0 bridgehead atoms. The van der Waals surface area contributed by atoms with Gasteiger partial charge in [-0.1, -0.05) is 0 Å². The Morgan fingerprint density at radius 2 is 2.36 bits per heavy atom. The van der Waals surface area contributed by atoms with Gasteiger partial charge >= 0.3 is 5.97 Å². The molecule has 1 unspecified atom stereocenters. The van der Waals surface area contributed by atoms with E-state index in [0.29, 0.717) is 0 Å². The van der Waals surface area contributed by atoms with Gasteiger partial charge in [-0.25, -0.2) is 4.98 Å². The number of hydrogen-bond acceptors (Lipinski definition) is 4. The first-order valence-electron chi connectivity index (χ1n) is 4.30. The average molecular weight is 214 g/mol. The molecular weight excluding hydrogens is 200 g/mol. The SMILES string of the molecule is CNC(c1nccs1)C(C)(C)C(=O)O. The summed E-state index contributed by atoms with van der Waals surface area (Å²) in [4.78, 5) is 15.2. The fourth-order valence-electron chi connectivity index (χ4n) is 1.29. The van der Waals surface area contributed by atoms with Gasteiger partial charge in [0.25, 0.3) is 0 Å². The Morgan fingerprint density at radius 1 is 1.71 bits per heavy atom. The second-order valence-electron chi connectivity index (χ2n) is 3.62. The number of aliphatic carboxylic acids is 1. The molecule has 0 aromatic carbocycles. The standard InChI is InChI=1S/C9H14N2O2S/c1-9(2,8(12)13)6(10-3)7-11-4-5-14-7/h4-6,10H,1-3H3,(H,12,13). The highest BCUT2D eigenvalue weighted by atomic mass is 32.1. The molecule has 0 aliphatic rings. The van der Waals surface area contributed by atoms with Gasteiger partial charge in [-0.3, -0.25) is 4.79 Å². The van der Waals surface area contributed by atoms with Crippen LogP contribution in [0.25, 0.3) is 0 Å². The van der Waals surface area contributed by atoms with Crippen molar-refractivity contribution in [3.63, 3.8) is 0 Å². The van der Waals surface area contributed by atoms with Crippen molar-refractivity contribution in [2.45, 2.75) is 19.9 Å². The normalized spacial score (nSPS) is 13.9. The lowest BCUT2D eigenvalue weighted by Gasteiger charge is -2.28. The number of thiazole rings is 1. The van der Waals surface area contributed by atoms with E-state index in [2.05, 4.69) is 10.3 Å². The van der Waals surface area contributed by atoms with Crippen molar-refractivity contribution < 1.29 is 9.90 Å².